The summed E-state index contributed by atoms with van der Waals surface area (Å²) in [4.78, 5) is 18.1. The number of ether oxygens (including phenoxy) is 1. The third kappa shape index (κ3) is 3.01. The van der Waals surface area contributed by atoms with E-state index in [0.29, 0.717) is 37.7 Å². The molecular weight excluding hydrogens is 244 g/mol. The van der Waals surface area contributed by atoms with Crippen molar-refractivity contribution in [1.29, 1.82) is 5.26 Å². The van der Waals surface area contributed by atoms with E-state index >= 15 is 0 Å². The number of rotatable bonds is 3. The molecule has 19 heavy (non-hydrogen) atoms. The van der Waals surface area contributed by atoms with Crippen LogP contribution in [-0.2, 0) is 9.53 Å². The first-order valence-corrected chi connectivity index (χ1v) is 6.24. The molecule has 1 unspecified atom stereocenters. The molecule has 1 fully saturated rings. The minimum Gasteiger partial charge on any atom is -0.377 e. The van der Waals surface area contributed by atoms with Crippen molar-refractivity contribution >= 4 is 11.7 Å². The van der Waals surface area contributed by atoms with Gasteiger partial charge in [0.05, 0.1) is 24.8 Å². The number of morpholine rings is 1. The molecule has 0 aliphatic carbocycles. The highest BCUT2D eigenvalue weighted by Crippen LogP contribution is 2.18. The summed E-state index contributed by atoms with van der Waals surface area (Å²) in [7, 11) is 0. The molecule has 0 bridgehead atoms. The molecule has 6 nitrogen and oxygen atoms in total. The van der Waals surface area contributed by atoms with Crippen LogP contribution in [0.4, 0.5) is 5.82 Å². The van der Waals surface area contributed by atoms with Crippen molar-refractivity contribution in [1.82, 2.24) is 10.3 Å². The van der Waals surface area contributed by atoms with Gasteiger partial charge in [-0.1, -0.05) is 0 Å². The molecule has 0 radical (unpaired) electrons. The average molecular weight is 260 g/mol. The van der Waals surface area contributed by atoms with Crippen LogP contribution < -0.4 is 10.2 Å². The van der Waals surface area contributed by atoms with E-state index in [1.807, 2.05) is 11.8 Å². The molecule has 1 aromatic rings. The van der Waals surface area contributed by atoms with Crippen LogP contribution in [0.25, 0.3) is 0 Å². The van der Waals surface area contributed by atoms with Crippen molar-refractivity contribution in [3.8, 4) is 6.07 Å². The highest BCUT2D eigenvalue weighted by Gasteiger charge is 2.30. The Balaban J connectivity index is 2.23. The lowest BCUT2D eigenvalue weighted by molar-refractivity contribution is -0.124. The van der Waals surface area contributed by atoms with Gasteiger partial charge in [-0.05, 0) is 19.1 Å². The summed E-state index contributed by atoms with van der Waals surface area (Å²) in [6.45, 7) is 3.93. The van der Waals surface area contributed by atoms with Crippen LogP contribution in [0, 0.1) is 11.3 Å². The van der Waals surface area contributed by atoms with Crippen molar-refractivity contribution < 1.29 is 9.53 Å². The number of pyridine rings is 1. The van der Waals surface area contributed by atoms with Gasteiger partial charge in [-0.3, -0.25) is 4.79 Å². The van der Waals surface area contributed by atoms with Crippen molar-refractivity contribution in [2.75, 3.05) is 31.2 Å². The second kappa shape index (κ2) is 6.16. The molecule has 6 heteroatoms. The first-order chi connectivity index (χ1) is 9.26. The molecule has 1 aliphatic heterocycles. The Hall–Kier alpha value is -2.13. The lowest BCUT2D eigenvalue weighted by Crippen LogP contribution is -2.54. The zero-order chi connectivity index (χ0) is 13.7. The van der Waals surface area contributed by atoms with Crippen LogP contribution >= 0.6 is 0 Å². The number of likely N-dealkylation sites (N-methyl/N-ethyl adjacent to an activating group) is 1. The molecule has 0 saturated carbocycles. The standard InChI is InChI=1S/C13H16N4O2/c1-2-15-13(18)11-9-19-6-5-17(11)12-7-10(8-14)3-4-16-12/h3-4,7,11H,2,5-6,9H2,1H3,(H,15,18). The largest absolute Gasteiger partial charge is 0.377 e. The number of aromatic nitrogens is 1. The van der Waals surface area contributed by atoms with E-state index in [4.69, 9.17) is 10.00 Å². The summed E-state index contributed by atoms with van der Waals surface area (Å²) in [5, 5.41) is 11.7. The molecule has 100 valence electrons. The predicted octanol–water partition coefficient (Wildman–Crippen LogP) is 0.295. The lowest BCUT2D eigenvalue weighted by atomic mass is 10.2. The SMILES string of the molecule is CCNC(=O)C1COCCN1c1cc(C#N)ccn1. The average Bonchev–Trinajstić information content (AvgIpc) is 2.47. The van der Waals surface area contributed by atoms with E-state index in [2.05, 4.69) is 16.4 Å². The Kier molecular flexibility index (Phi) is 4.31. The summed E-state index contributed by atoms with van der Waals surface area (Å²) in [6, 6.07) is 5.02. The predicted molar refractivity (Wildman–Crippen MR) is 69.6 cm³/mol. The maximum Gasteiger partial charge on any atom is 0.245 e. The Morgan fingerprint density at radius 3 is 3.32 bits per heavy atom. The second-order valence-electron chi connectivity index (χ2n) is 4.19. The molecule has 1 atom stereocenters. The van der Waals surface area contributed by atoms with E-state index < -0.39 is 6.04 Å². The smallest absolute Gasteiger partial charge is 0.245 e. The van der Waals surface area contributed by atoms with Gasteiger partial charge < -0.3 is 15.0 Å². The number of nitrogens with one attached hydrogen (secondary N) is 1. The topological polar surface area (TPSA) is 78.2 Å². The molecule has 1 aliphatic rings. The van der Waals surface area contributed by atoms with E-state index in [1.165, 1.54) is 0 Å². The molecule has 2 heterocycles. The zero-order valence-corrected chi connectivity index (χ0v) is 10.8. The maximum absolute atomic E-state index is 12.0. The van der Waals surface area contributed by atoms with Gasteiger partial charge in [0.25, 0.3) is 0 Å². The van der Waals surface area contributed by atoms with Crippen molar-refractivity contribution in [3.63, 3.8) is 0 Å². The molecule has 1 aromatic heterocycles. The van der Waals surface area contributed by atoms with E-state index in [0.717, 1.165) is 0 Å². The van der Waals surface area contributed by atoms with Gasteiger partial charge in [0.2, 0.25) is 5.91 Å². The van der Waals surface area contributed by atoms with Crippen molar-refractivity contribution in [2.45, 2.75) is 13.0 Å². The second-order valence-corrected chi connectivity index (χ2v) is 4.19. The number of nitrogens with zero attached hydrogens (tertiary/aromatic N) is 3. The third-order valence-corrected chi connectivity index (χ3v) is 2.95. The van der Waals surface area contributed by atoms with Gasteiger partial charge >= 0.3 is 0 Å². The Bertz CT molecular complexity index is 498. The highest BCUT2D eigenvalue weighted by atomic mass is 16.5. The Morgan fingerprint density at radius 2 is 2.58 bits per heavy atom. The minimum absolute atomic E-state index is 0.0774. The molecule has 2 rings (SSSR count). The van der Waals surface area contributed by atoms with Gasteiger partial charge in [-0.25, -0.2) is 4.98 Å². The van der Waals surface area contributed by atoms with Gasteiger partial charge in [0.15, 0.2) is 0 Å². The van der Waals surface area contributed by atoms with E-state index in [1.54, 1.807) is 18.3 Å². The first kappa shape index (κ1) is 13.3. The zero-order valence-electron chi connectivity index (χ0n) is 10.8. The third-order valence-electron chi connectivity index (χ3n) is 2.95. The monoisotopic (exact) mass is 260 g/mol. The molecule has 0 aromatic carbocycles. The molecule has 1 saturated heterocycles. The highest BCUT2D eigenvalue weighted by molar-refractivity contribution is 5.85. The summed E-state index contributed by atoms with van der Waals surface area (Å²) < 4.78 is 5.36. The van der Waals surface area contributed by atoms with Gasteiger partial charge in [0, 0.05) is 19.3 Å². The summed E-state index contributed by atoms with van der Waals surface area (Å²) in [5.74, 6) is 0.560. The summed E-state index contributed by atoms with van der Waals surface area (Å²) >= 11 is 0. The van der Waals surface area contributed by atoms with E-state index in [-0.39, 0.29) is 5.91 Å². The lowest BCUT2D eigenvalue weighted by Gasteiger charge is -2.35. The number of nitriles is 1. The number of carbonyl (C=O) groups is 1. The first-order valence-electron chi connectivity index (χ1n) is 6.24. The van der Waals surface area contributed by atoms with Gasteiger partial charge in [0.1, 0.15) is 11.9 Å². The van der Waals surface area contributed by atoms with Crippen LogP contribution in [0.2, 0.25) is 0 Å². The molecule has 1 N–H and O–H groups in total. The van der Waals surface area contributed by atoms with Crippen LogP contribution in [0.5, 0.6) is 0 Å². The Morgan fingerprint density at radius 1 is 1.74 bits per heavy atom. The fourth-order valence-corrected chi connectivity index (χ4v) is 2.03. The van der Waals surface area contributed by atoms with Gasteiger partial charge in [-0.15, -0.1) is 0 Å². The summed E-state index contributed by atoms with van der Waals surface area (Å²) in [6.07, 6.45) is 1.58. The van der Waals surface area contributed by atoms with Crippen LogP contribution in [-0.4, -0.2) is 43.2 Å². The molecule has 0 spiro atoms. The number of anilines is 1. The van der Waals surface area contributed by atoms with Gasteiger partial charge in [-0.2, -0.15) is 5.26 Å². The van der Waals surface area contributed by atoms with Crippen LogP contribution in [0.1, 0.15) is 12.5 Å². The maximum atomic E-state index is 12.0. The Labute approximate surface area is 112 Å². The van der Waals surface area contributed by atoms with Crippen LogP contribution in [0.15, 0.2) is 18.3 Å². The fourth-order valence-electron chi connectivity index (χ4n) is 2.03. The minimum atomic E-state index is -0.393. The fraction of sp³-hybridized carbons (Fsp3) is 0.462. The van der Waals surface area contributed by atoms with Crippen molar-refractivity contribution in [3.05, 3.63) is 23.9 Å². The number of hydrogen-bond acceptors (Lipinski definition) is 5. The van der Waals surface area contributed by atoms with Crippen molar-refractivity contribution in [2.24, 2.45) is 0 Å². The number of amides is 1. The number of carbonyl (C=O) groups excluding carboxylic acids is 1. The number of hydrogen-bond donors (Lipinski definition) is 1. The summed E-state index contributed by atoms with van der Waals surface area (Å²) in [5.41, 5.74) is 0.533. The van der Waals surface area contributed by atoms with E-state index in [9.17, 15) is 4.79 Å². The quantitative estimate of drug-likeness (QED) is 0.845. The normalized spacial score (nSPS) is 18.7. The van der Waals surface area contributed by atoms with Crippen LogP contribution in [0.3, 0.4) is 0 Å². The molecular formula is C13H16N4O2. The molecule has 1 amide bonds.